The van der Waals surface area contributed by atoms with Crippen LogP contribution in [0.4, 0.5) is 4.79 Å². The number of hydrogen-bond donors (Lipinski definition) is 1. The zero-order valence-corrected chi connectivity index (χ0v) is 14.5. The highest BCUT2D eigenvalue weighted by atomic mass is 16.5. The molecule has 1 unspecified atom stereocenters. The van der Waals surface area contributed by atoms with Crippen LogP contribution in [0, 0.1) is 5.92 Å². The highest BCUT2D eigenvalue weighted by molar-refractivity contribution is 6.06. The third-order valence-corrected chi connectivity index (χ3v) is 4.20. The Morgan fingerprint density at radius 2 is 2.12 bits per heavy atom. The fraction of sp³-hybridized carbons (Fsp3) is 0.471. The summed E-state index contributed by atoms with van der Waals surface area (Å²) < 4.78 is 5.18. The van der Waals surface area contributed by atoms with Gasteiger partial charge in [0.25, 0.3) is 5.91 Å². The first kappa shape index (κ1) is 17.1. The van der Waals surface area contributed by atoms with Crippen LogP contribution in [0.2, 0.25) is 0 Å². The first-order valence-corrected chi connectivity index (χ1v) is 8.27. The molecule has 3 rings (SSSR count). The van der Waals surface area contributed by atoms with Crippen LogP contribution in [0.1, 0.15) is 44.6 Å². The highest BCUT2D eigenvalue weighted by Gasteiger charge is 2.50. The summed E-state index contributed by atoms with van der Waals surface area (Å²) >= 11 is 0. The van der Waals surface area contributed by atoms with E-state index in [0.717, 1.165) is 11.3 Å². The maximum Gasteiger partial charge on any atom is 0.325 e. The van der Waals surface area contributed by atoms with Gasteiger partial charge >= 0.3 is 6.03 Å². The molecule has 8 nitrogen and oxygen atoms in total. The first-order valence-electron chi connectivity index (χ1n) is 8.27. The predicted octanol–water partition coefficient (Wildman–Crippen LogP) is 2.02. The molecule has 0 spiro atoms. The Bertz CT molecular complexity index is 774. The molecule has 0 aromatic carbocycles. The van der Waals surface area contributed by atoms with Crippen molar-refractivity contribution in [2.24, 2.45) is 5.92 Å². The van der Waals surface area contributed by atoms with Crippen LogP contribution < -0.4 is 5.32 Å². The summed E-state index contributed by atoms with van der Waals surface area (Å²) in [7, 11) is 0. The molecule has 3 amide bonds. The van der Waals surface area contributed by atoms with E-state index in [-0.39, 0.29) is 12.4 Å². The number of hydrogen-bond acceptors (Lipinski definition) is 6. The summed E-state index contributed by atoms with van der Waals surface area (Å²) in [5.74, 6) is 0.973. The molecule has 0 aliphatic carbocycles. The number of nitrogens with one attached hydrogen (secondary N) is 1. The van der Waals surface area contributed by atoms with Crippen molar-refractivity contribution in [3.05, 3.63) is 41.8 Å². The maximum absolute atomic E-state index is 12.8. The van der Waals surface area contributed by atoms with Gasteiger partial charge in [-0.1, -0.05) is 25.1 Å². The molecule has 1 fully saturated rings. The average Bonchev–Trinajstić information content (AvgIpc) is 3.13. The van der Waals surface area contributed by atoms with E-state index in [1.165, 1.54) is 0 Å². The molecule has 1 atom stereocenters. The van der Waals surface area contributed by atoms with E-state index in [9.17, 15) is 9.59 Å². The van der Waals surface area contributed by atoms with Crippen LogP contribution >= 0.6 is 0 Å². The van der Waals surface area contributed by atoms with Crippen molar-refractivity contribution in [3.63, 3.8) is 0 Å². The Morgan fingerprint density at radius 1 is 1.32 bits per heavy atom. The predicted molar refractivity (Wildman–Crippen MR) is 88.1 cm³/mol. The molecule has 3 heterocycles. The van der Waals surface area contributed by atoms with E-state index in [1.54, 1.807) is 31.3 Å². The first-order chi connectivity index (χ1) is 11.9. The minimum Gasteiger partial charge on any atom is -0.337 e. The zero-order chi connectivity index (χ0) is 18.0. The van der Waals surface area contributed by atoms with Crippen LogP contribution in [-0.2, 0) is 23.3 Å². The molecule has 25 heavy (non-hydrogen) atoms. The lowest BCUT2D eigenvalue weighted by Gasteiger charge is -2.20. The van der Waals surface area contributed by atoms with Gasteiger partial charge in [0, 0.05) is 12.6 Å². The smallest absolute Gasteiger partial charge is 0.325 e. The zero-order valence-electron chi connectivity index (χ0n) is 14.5. The number of nitrogens with zero attached hydrogens (tertiary/aromatic N) is 4. The minimum atomic E-state index is -1.20. The molecule has 2 aromatic heterocycles. The highest BCUT2D eigenvalue weighted by Crippen LogP contribution is 2.28. The Morgan fingerprint density at radius 3 is 2.80 bits per heavy atom. The lowest BCUT2D eigenvalue weighted by molar-refractivity contribution is -0.131. The van der Waals surface area contributed by atoms with Crippen molar-refractivity contribution >= 4 is 11.9 Å². The van der Waals surface area contributed by atoms with Crippen molar-refractivity contribution in [1.29, 1.82) is 0 Å². The molecule has 0 radical (unpaired) electrons. The van der Waals surface area contributed by atoms with Gasteiger partial charge in [0.05, 0.1) is 5.69 Å². The lowest BCUT2D eigenvalue weighted by atomic mass is 9.97. The fourth-order valence-corrected chi connectivity index (χ4v) is 2.68. The fourth-order valence-electron chi connectivity index (χ4n) is 2.68. The standard InChI is InChI=1S/C17H21N5O3/c1-11(2)7-8-13-19-14(25-21-13)10-22-15(23)17(3,20-16(22)24)12-6-4-5-9-18-12/h4-6,9,11H,7-8,10H2,1-3H3,(H,20,24). The van der Waals surface area contributed by atoms with E-state index in [4.69, 9.17) is 4.52 Å². The van der Waals surface area contributed by atoms with Gasteiger partial charge in [-0.2, -0.15) is 4.98 Å². The van der Waals surface area contributed by atoms with Gasteiger partial charge in [0.15, 0.2) is 11.4 Å². The number of carbonyl (C=O) groups is 2. The van der Waals surface area contributed by atoms with Crippen LogP contribution in [0.15, 0.2) is 28.9 Å². The molecule has 0 bridgehead atoms. The van der Waals surface area contributed by atoms with Gasteiger partial charge in [-0.15, -0.1) is 0 Å². The number of rotatable bonds is 6. The number of urea groups is 1. The van der Waals surface area contributed by atoms with Crippen LogP contribution in [0.25, 0.3) is 0 Å². The van der Waals surface area contributed by atoms with Crippen molar-refractivity contribution in [1.82, 2.24) is 25.3 Å². The molecule has 1 saturated heterocycles. The normalized spacial score (nSPS) is 20.4. The monoisotopic (exact) mass is 343 g/mol. The molecular formula is C17H21N5O3. The number of aromatic nitrogens is 3. The third-order valence-electron chi connectivity index (χ3n) is 4.20. The molecule has 1 aliphatic rings. The van der Waals surface area contributed by atoms with Gasteiger partial charge in [-0.3, -0.25) is 14.7 Å². The summed E-state index contributed by atoms with van der Waals surface area (Å²) in [6.45, 7) is 5.82. The topological polar surface area (TPSA) is 101 Å². The molecule has 132 valence electrons. The van der Waals surface area contributed by atoms with E-state index >= 15 is 0 Å². The molecule has 8 heteroatoms. The largest absolute Gasteiger partial charge is 0.337 e. The molecule has 1 aliphatic heterocycles. The number of amides is 3. The van der Waals surface area contributed by atoms with Crippen LogP contribution in [0.5, 0.6) is 0 Å². The Hall–Kier alpha value is -2.77. The average molecular weight is 343 g/mol. The van der Waals surface area contributed by atoms with Crippen LogP contribution in [-0.4, -0.2) is 32.0 Å². The number of aryl methyl sites for hydroxylation is 1. The Labute approximate surface area is 145 Å². The second kappa shape index (κ2) is 6.62. The summed E-state index contributed by atoms with van der Waals surface area (Å²) in [5, 5.41) is 6.61. The van der Waals surface area contributed by atoms with Gasteiger partial charge in [0.2, 0.25) is 5.89 Å². The van der Waals surface area contributed by atoms with E-state index in [1.807, 2.05) is 0 Å². The number of pyridine rings is 1. The summed E-state index contributed by atoms with van der Waals surface area (Å²) in [4.78, 5) is 34.6. The van der Waals surface area contributed by atoms with Gasteiger partial charge in [-0.05, 0) is 31.4 Å². The Balaban J connectivity index is 1.73. The summed E-state index contributed by atoms with van der Waals surface area (Å²) in [6, 6.07) is 4.73. The molecule has 1 N–H and O–H groups in total. The molecule has 2 aromatic rings. The summed E-state index contributed by atoms with van der Waals surface area (Å²) in [5.41, 5.74) is -0.710. The molecular weight excluding hydrogens is 322 g/mol. The maximum atomic E-state index is 12.8. The van der Waals surface area contributed by atoms with E-state index in [0.29, 0.717) is 23.9 Å². The minimum absolute atomic E-state index is 0.0538. The van der Waals surface area contributed by atoms with E-state index in [2.05, 4.69) is 34.3 Å². The summed E-state index contributed by atoms with van der Waals surface area (Å²) in [6.07, 6.45) is 3.23. The van der Waals surface area contributed by atoms with Gasteiger partial charge < -0.3 is 9.84 Å². The van der Waals surface area contributed by atoms with Gasteiger partial charge in [-0.25, -0.2) is 4.79 Å². The van der Waals surface area contributed by atoms with Crippen molar-refractivity contribution in [2.45, 2.75) is 45.7 Å². The van der Waals surface area contributed by atoms with Crippen molar-refractivity contribution in [2.75, 3.05) is 0 Å². The second-order valence-corrected chi connectivity index (χ2v) is 6.70. The number of carbonyl (C=O) groups excluding carboxylic acids is 2. The van der Waals surface area contributed by atoms with Crippen LogP contribution in [0.3, 0.4) is 0 Å². The van der Waals surface area contributed by atoms with Crippen molar-refractivity contribution in [3.8, 4) is 0 Å². The second-order valence-electron chi connectivity index (χ2n) is 6.70. The molecule has 0 saturated carbocycles. The van der Waals surface area contributed by atoms with Crippen molar-refractivity contribution < 1.29 is 14.1 Å². The van der Waals surface area contributed by atoms with Gasteiger partial charge in [0.1, 0.15) is 6.54 Å². The Kier molecular flexibility index (Phi) is 4.52. The van der Waals surface area contributed by atoms with E-state index < -0.39 is 17.5 Å². The lowest BCUT2D eigenvalue weighted by Crippen LogP contribution is -2.41. The SMILES string of the molecule is CC(C)CCc1noc(CN2C(=O)NC(C)(c3ccccn3)C2=O)n1. The quantitative estimate of drug-likeness (QED) is 0.805. The number of imide groups is 1. The third kappa shape index (κ3) is 3.38.